The summed E-state index contributed by atoms with van der Waals surface area (Å²) in [6.07, 6.45) is -10.0. The quantitative estimate of drug-likeness (QED) is 0.763. The minimum Gasteiger partial charge on any atom is -0.296 e. The molecule has 2 aromatic heterocycles. The van der Waals surface area contributed by atoms with Crippen molar-refractivity contribution in [1.82, 2.24) is 14.5 Å². The van der Waals surface area contributed by atoms with E-state index in [1.165, 1.54) is 4.57 Å². The minimum atomic E-state index is -4.67. The molecule has 11 heteroatoms. The highest BCUT2D eigenvalue weighted by Crippen LogP contribution is 2.33. The lowest BCUT2D eigenvalue weighted by Crippen LogP contribution is -2.29. The van der Waals surface area contributed by atoms with Gasteiger partial charge in [-0.2, -0.15) is 26.3 Å². The van der Waals surface area contributed by atoms with E-state index in [2.05, 4.69) is 15.3 Å². The van der Waals surface area contributed by atoms with Crippen molar-refractivity contribution < 1.29 is 31.1 Å². The van der Waals surface area contributed by atoms with Gasteiger partial charge in [-0.15, -0.1) is 0 Å². The standard InChI is InChI=1S/C16H18F6N4O/c1-8(15(17,18)19)7-11(27)25-13-23-9-5-6-10(16(20,21)22)24-12(9)26(13)14(2,3)4/h5-6,8H,7H2,1-4H3,(H,23,25,27)/t8-/m1/s1. The zero-order valence-corrected chi connectivity index (χ0v) is 15.0. The molecule has 0 aliphatic carbocycles. The summed E-state index contributed by atoms with van der Waals surface area (Å²) in [4.78, 5) is 19.6. The first-order valence-corrected chi connectivity index (χ1v) is 7.94. The monoisotopic (exact) mass is 396 g/mol. The van der Waals surface area contributed by atoms with E-state index in [4.69, 9.17) is 0 Å². The predicted molar refractivity (Wildman–Crippen MR) is 86.0 cm³/mol. The molecular weight excluding hydrogens is 378 g/mol. The van der Waals surface area contributed by atoms with Gasteiger partial charge in [0.15, 0.2) is 5.65 Å². The highest BCUT2D eigenvalue weighted by atomic mass is 19.4. The second-order valence-corrected chi connectivity index (χ2v) is 7.17. The number of anilines is 1. The Bertz CT molecular complexity index is 847. The van der Waals surface area contributed by atoms with Crippen molar-refractivity contribution in [2.45, 2.75) is 52.0 Å². The molecule has 0 aliphatic rings. The predicted octanol–water partition coefficient (Wildman–Crippen LogP) is 4.73. The third-order valence-electron chi connectivity index (χ3n) is 3.77. The fourth-order valence-electron chi connectivity index (χ4n) is 2.40. The molecule has 1 atom stereocenters. The number of amides is 1. The van der Waals surface area contributed by atoms with Crippen molar-refractivity contribution in [1.29, 1.82) is 0 Å². The van der Waals surface area contributed by atoms with Crippen LogP contribution in [-0.4, -0.2) is 26.6 Å². The lowest BCUT2D eigenvalue weighted by atomic mass is 10.1. The van der Waals surface area contributed by atoms with Gasteiger partial charge in [0, 0.05) is 12.0 Å². The molecule has 5 nitrogen and oxygen atoms in total. The molecule has 0 unspecified atom stereocenters. The van der Waals surface area contributed by atoms with Crippen molar-refractivity contribution in [3.05, 3.63) is 17.8 Å². The number of carbonyl (C=O) groups excluding carboxylic acids is 1. The van der Waals surface area contributed by atoms with Gasteiger partial charge in [-0.05, 0) is 32.9 Å². The lowest BCUT2D eigenvalue weighted by molar-refractivity contribution is -0.173. The number of hydrogen-bond acceptors (Lipinski definition) is 3. The summed E-state index contributed by atoms with van der Waals surface area (Å²) >= 11 is 0. The normalized spacial score (nSPS) is 14.4. The first-order valence-electron chi connectivity index (χ1n) is 7.94. The molecule has 1 amide bonds. The average Bonchev–Trinajstić information content (AvgIpc) is 2.81. The maximum Gasteiger partial charge on any atom is 0.433 e. The fourth-order valence-corrected chi connectivity index (χ4v) is 2.40. The van der Waals surface area contributed by atoms with E-state index in [0.29, 0.717) is 0 Å². The van der Waals surface area contributed by atoms with Crippen LogP contribution in [0.3, 0.4) is 0 Å². The van der Waals surface area contributed by atoms with Crippen LogP contribution in [0.2, 0.25) is 0 Å². The Morgan fingerprint density at radius 3 is 2.19 bits per heavy atom. The number of hydrogen-bond donors (Lipinski definition) is 1. The maximum atomic E-state index is 12.9. The molecule has 0 bridgehead atoms. The van der Waals surface area contributed by atoms with Gasteiger partial charge in [-0.1, -0.05) is 6.92 Å². The van der Waals surface area contributed by atoms with E-state index in [9.17, 15) is 31.1 Å². The number of carbonyl (C=O) groups is 1. The Morgan fingerprint density at radius 2 is 1.70 bits per heavy atom. The number of fused-ring (bicyclic) bond motifs is 1. The van der Waals surface area contributed by atoms with Gasteiger partial charge in [-0.3, -0.25) is 14.7 Å². The number of rotatable bonds is 3. The summed E-state index contributed by atoms with van der Waals surface area (Å²) in [6, 6.07) is 1.85. The van der Waals surface area contributed by atoms with E-state index in [0.717, 1.165) is 19.1 Å². The highest BCUT2D eigenvalue weighted by Gasteiger charge is 2.38. The van der Waals surface area contributed by atoms with Gasteiger partial charge in [0.05, 0.1) is 5.92 Å². The largest absolute Gasteiger partial charge is 0.433 e. The number of imidazole rings is 1. The van der Waals surface area contributed by atoms with Crippen LogP contribution in [0.15, 0.2) is 12.1 Å². The van der Waals surface area contributed by atoms with Crippen LogP contribution in [0.1, 0.15) is 39.8 Å². The molecule has 0 saturated heterocycles. The highest BCUT2D eigenvalue weighted by molar-refractivity contribution is 5.91. The first kappa shape index (κ1) is 21.0. The topological polar surface area (TPSA) is 59.8 Å². The molecule has 0 fully saturated rings. The maximum absolute atomic E-state index is 12.9. The van der Waals surface area contributed by atoms with Crippen molar-refractivity contribution in [3.63, 3.8) is 0 Å². The smallest absolute Gasteiger partial charge is 0.296 e. The van der Waals surface area contributed by atoms with Crippen molar-refractivity contribution in [2.75, 3.05) is 5.32 Å². The molecule has 0 aromatic carbocycles. The molecule has 2 heterocycles. The van der Waals surface area contributed by atoms with Gasteiger partial charge < -0.3 is 0 Å². The van der Waals surface area contributed by atoms with Crippen molar-refractivity contribution in [2.24, 2.45) is 5.92 Å². The Morgan fingerprint density at radius 1 is 1.11 bits per heavy atom. The molecule has 0 spiro atoms. The molecule has 0 aliphatic heterocycles. The Hall–Kier alpha value is -2.33. The molecule has 2 rings (SSSR count). The van der Waals surface area contributed by atoms with Gasteiger partial charge >= 0.3 is 12.4 Å². The van der Waals surface area contributed by atoms with Gasteiger partial charge in [-0.25, -0.2) is 9.97 Å². The van der Waals surface area contributed by atoms with E-state index in [1.807, 2.05) is 0 Å². The third kappa shape index (κ3) is 4.69. The average molecular weight is 396 g/mol. The van der Waals surface area contributed by atoms with Gasteiger partial charge in [0.1, 0.15) is 11.2 Å². The number of nitrogens with zero attached hydrogens (tertiary/aromatic N) is 3. The SMILES string of the molecule is C[C@H](CC(=O)Nc1nc2ccc(C(F)(F)F)nc2n1C(C)(C)C)C(F)(F)F. The number of aromatic nitrogens is 3. The van der Waals surface area contributed by atoms with Gasteiger partial charge in [0.25, 0.3) is 0 Å². The van der Waals surface area contributed by atoms with Crippen LogP contribution in [0, 0.1) is 5.92 Å². The van der Waals surface area contributed by atoms with Crippen LogP contribution in [-0.2, 0) is 16.5 Å². The van der Waals surface area contributed by atoms with Crippen LogP contribution >= 0.6 is 0 Å². The fraction of sp³-hybridized carbons (Fsp3) is 0.562. The lowest BCUT2D eigenvalue weighted by Gasteiger charge is -2.24. The number of nitrogens with one attached hydrogen (secondary N) is 1. The van der Waals surface area contributed by atoms with Crippen molar-refractivity contribution in [3.8, 4) is 0 Å². The number of halogens is 6. The zero-order chi connectivity index (χ0) is 20.8. The summed E-state index contributed by atoms with van der Waals surface area (Å²) in [5.74, 6) is -2.99. The molecule has 2 aromatic rings. The molecule has 0 radical (unpaired) electrons. The Balaban J connectivity index is 2.46. The molecule has 1 N–H and O–H groups in total. The summed E-state index contributed by atoms with van der Waals surface area (Å²) in [5.41, 5.74) is -2.03. The van der Waals surface area contributed by atoms with Crippen LogP contribution < -0.4 is 5.32 Å². The van der Waals surface area contributed by atoms with E-state index < -0.39 is 41.8 Å². The van der Waals surface area contributed by atoms with Crippen LogP contribution in [0.5, 0.6) is 0 Å². The van der Waals surface area contributed by atoms with Crippen molar-refractivity contribution >= 4 is 23.0 Å². The first-order chi connectivity index (χ1) is 12.1. The Kier molecular flexibility index (Phi) is 5.19. The summed E-state index contributed by atoms with van der Waals surface area (Å²) in [7, 11) is 0. The van der Waals surface area contributed by atoms with E-state index in [-0.39, 0.29) is 17.1 Å². The number of alkyl halides is 6. The minimum absolute atomic E-state index is 0.0806. The molecule has 150 valence electrons. The van der Waals surface area contributed by atoms with E-state index >= 15 is 0 Å². The second-order valence-electron chi connectivity index (χ2n) is 7.17. The van der Waals surface area contributed by atoms with Crippen LogP contribution in [0.4, 0.5) is 32.3 Å². The van der Waals surface area contributed by atoms with Crippen LogP contribution in [0.25, 0.3) is 11.2 Å². The second kappa shape index (κ2) is 6.68. The zero-order valence-electron chi connectivity index (χ0n) is 15.0. The third-order valence-corrected chi connectivity index (χ3v) is 3.77. The molecule has 0 saturated carbocycles. The Labute approximate surface area is 150 Å². The summed E-state index contributed by atoms with van der Waals surface area (Å²) < 4.78 is 78.0. The summed E-state index contributed by atoms with van der Waals surface area (Å²) in [5, 5.41) is 2.26. The molecular formula is C16H18F6N4O. The molecule has 27 heavy (non-hydrogen) atoms. The van der Waals surface area contributed by atoms with Gasteiger partial charge in [0.2, 0.25) is 11.9 Å². The van der Waals surface area contributed by atoms with E-state index in [1.54, 1.807) is 20.8 Å². The number of pyridine rings is 1. The summed E-state index contributed by atoms with van der Waals surface area (Å²) in [6.45, 7) is 5.79.